The Labute approximate surface area is 132 Å². The Balaban J connectivity index is 1.76. The second kappa shape index (κ2) is 6.45. The van der Waals surface area contributed by atoms with Gasteiger partial charge in [-0.2, -0.15) is 5.10 Å². The van der Waals surface area contributed by atoms with Crippen molar-refractivity contribution in [1.29, 1.82) is 0 Å². The van der Waals surface area contributed by atoms with Gasteiger partial charge in [0.15, 0.2) is 11.6 Å². The van der Waals surface area contributed by atoms with Crippen LogP contribution >= 0.6 is 0 Å². The highest BCUT2D eigenvalue weighted by molar-refractivity contribution is 5.76. The van der Waals surface area contributed by atoms with Crippen molar-refractivity contribution in [2.45, 2.75) is 25.6 Å². The van der Waals surface area contributed by atoms with Crippen molar-refractivity contribution in [3.63, 3.8) is 0 Å². The number of rotatable bonds is 4. The highest BCUT2D eigenvalue weighted by atomic mass is 19.2. The number of halogens is 2. The summed E-state index contributed by atoms with van der Waals surface area (Å²) < 4.78 is 28.3. The Morgan fingerprint density at radius 3 is 2.91 bits per heavy atom. The number of nitrogens with one attached hydrogen (secondary N) is 1. The van der Waals surface area contributed by atoms with E-state index < -0.39 is 11.6 Å². The second-order valence-electron chi connectivity index (χ2n) is 5.72. The maximum atomic E-state index is 13.4. The zero-order valence-electron chi connectivity index (χ0n) is 12.8. The molecular weight excluding hydrogens is 302 g/mol. The molecule has 7 heteroatoms. The summed E-state index contributed by atoms with van der Waals surface area (Å²) in [4.78, 5) is 13.8. The summed E-state index contributed by atoms with van der Waals surface area (Å²) in [6.45, 7) is 1.77. The average Bonchev–Trinajstić information content (AvgIpc) is 2.99. The van der Waals surface area contributed by atoms with Crippen molar-refractivity contribution in [2.24, 2.45) is 0 Å². The molecule has 0 aliphatic carbocycles. The summed E-state index contributed by atoms with van der Waals surface area (Å²) in [6, 6.07) is 5.78. The lowest BCUT2D eigenvalue weighted by molar-refractivity contribution is -0.121. The van der Waals surface area contributed by atoms with Crippen molar-refractivity contribution in [1.82, 2.24) is 20.0 Å². The largest absolute Gasteiger partial charge is 0.359 e. The highest BCUT2D eigenvalue weighted by Gasteiger charge is 2.27. The number of benzene rings is 1. The van der Waals surface area contributed by atoms with Crippen LogP contribution in [0.15, 0.2) is 30.5 Å². The van der Waals surface area contributed by atoms with Gasteiger partial charge < -0.3 is 5.32 Å². The van der Waals surface area contributed by atoms with Gasteiger partial charge in [0.25, 0.3) is 0 Å². The van der Waals surface area contributed by atoms with Crippen LogP contribution < -0.4 is 5.32 Å². The van der Waals surface area contributed by atoms with E-state index in [9.17, 15) is 13.6 Å². The molecule has 0 spiro atoms. The van der Waals surface area contributed by atoms with E-state index in [-0.39, 0.29) is 11.9 Å². The van der Waals surface area contributed by atoms with E-state index in [1.165, 1.54) is 6.07 Å². The molecule has 0 saturated heterocycles. The number of hydrogen-bond donors (Lipinski definition) is 1. The normalized spacial score (nSPS) is 17.8. The first-order chi connectivity index (χ1) is 11.1. The van der Waals surface area contributed by atoms with Gasteiger partial charge in [-0.05, 0) is 23.8 Å². The smallest absolute Gasteiger partial charge is 0.221 e. The van der Waals surface area contributed by atoms with Gasteiger partial charge in [0.05, 0.1) is 18.2 Å². The third kappa shape index (κ3) is 3.39. The highest BCUT2D eigenvalue weighted by Crippen LogP contribution is 2.24. The van der Waals surface area contributed by atoms with Crippen molar-refractivity contribution >= 4 is 5.91 Å². The Morgan fingerprint density at radius 2 is 2.17 bits per heavy atom. The van der Waals surface area contributed by atoms with Crippen molar-refractivity contribution in [3.05, 3.63) is 53.4 Å². The first kappa shape index (κ1) is 15.6. The molecular formula is C16H18F2N4O. The fourth-order valence-corrected chi connectivity index (χ4v) is 2.95. The van der Waals surface area contributed by atoms with E-state index in [1.807, 2.05) is 10.7 Å². The molecule has 23 heavy (non-hydrogen) atoms. The SMILES string of the molecule is CNC(=O)CC1CN(Cc2ccc(F)c(F)c2)Cc2ccnn21. The molecule has 1 aromatic carbocycles. The summed E-state index contributed by atoms with van der Waals surface area (Å²) in [5.74, 6) is -1.74. The monoisotopic (exact) mass is 320 g/mol. The molecule has 2 heterocycles. The Morgan fingerprint density at radius 1 is 1.35 bits per heavy atom. The Hall–Kier alpha value is -2.28. The maximum Gasteiger partial charge on any atom is 0.221 e. The lowest BCUT2D eigenvalue weighted by Gasteiger charge is -2.33. The van der Waals surface area contributed by atoms with Crippen LogP contribution in [-0.4, -0.2) is 34.2 Å². The number of nitrogens with zero attached hydrogens (tertiary/aromatic N) is 3. The molecule has 122 valence electrons. The quantitative estimate of drug-likeness (QED) is 0.935. The van der Waals surface area contributed by atoms with Gasteiger partial charge in [0, 0.05) is 32.9 Å². The molecule has 1 amide bonds. The van der Waals surface area contributed by atoms with Crippen LogP contribution in [0, 0.1) is 11.6 Å². The number of amides is 1. The van der Waals surface area contributed by atoms with E-state index in [4.69, 9.17) is 0 Å². The van der Waals surface area contributed by atoms with Gasteiger partial charge >= 0.3 is 0 Å². The fraction of sp³-hybridized carbons (Fsp3) is 0.375. The molecule has 0 fully saturated rings. The third-order valence-corrected chi connectivity index (χ3v) is 4.04. The van der Waals surface area contributed by atoms with E-state index in [0.717, 1.165) is 11.8 Å². The fourth-order valence-electron chi connectivity index (χ4n) is 2.95. The minimum Gasteiger partial charge on any atom is -0.359 e. The zero-order valence-corrected chi connectivity index (χ0v) is 12.8. The first-order valence-electron chi connectivity index (χ1n) is 7.46. The number of aromatic nitrogens is 2. The molecule has 1 aromatic heterocycles. The molecule has 5 nitrogen and oxygen atoms in total. The van der Waals surface area contributed by atoms with Crippen molar-refractivity contribution in [2.75, 3.05) is 13.6 Å². The number of carbonyl (C=O) groups excluding carboxylic acids is 1. The molecule has 0 radical (unpaired) electrons. The van der Waals surface area contributed by atoms with E-state index in [2.05, 4.69) is 15.3 Å². The topological polar surface area (TPSA) is 50.2 Å². The minimum absolute atomic E-state index is 0.0499. The van der Waals surface area contributed by atoms with Crippen molar-refractivity contribution in [3.8, 4) is 0 Å². The molecule has 0 bridgehead atoms. The van der Waals surface area contributed by atoms with Crippen LogP contribution in [0.3, 0.4) is 0 Å². The van der Waals surface area contributed by atoms with Gasteiger partial charge in [-0.3, -0.25) is 14.4 Å². The van der Waals surface area contributed by atoms with Gasteiger partial charge in [-0.15, -0.1) is 0 Å². The Bertz CT molecular complexity index is 716. The van der Waals surface area contributed by atoms with E-state index >= 15 is 0 Å². The predicted octanol–water partition coefficient (Wildman–Crippen LogP) is 1.85. The van der Waals surface area contributed by atoms with Crippen LogP contribution in [0.5, 0.6) is 0 Å². The molecule has 1 unspecified atom stereocenters. The predicted molar refractivity (Wildman–Crippen MR) is 80.4 cm³/mol. The molecule has 1 aliphatic rings. The third-order valence-electron chi connectivity index (χ3n) is 4.04. The molecule has 1 aliphatic heterocycles. The molecule has 0 saturated carbocycles. The standard InChI is InChI=1S/C16H18F2N4O/c1-19-16(23)7-13-10-21(9-12-4-5-20-22(12)13)8-11-2-3-14(17)15(18)6-11/h2-6,13H,7-10H2,1H3,(H,19,23). The first-order valence-corrected chi connectivity index (χ1v) is 7.46. The van der Waals surface area contributed by atoms with E-state index in [0.29, 0.717) is 31.6 Å². The summed E-state index contributed by atoms with van der Waals surface area (Å²) in [5, 5.41) is 6.92. The van der Waals surface area contributed by atoms with Crippen molar-refractivity contribution < 1.29 is 13.6 Å². The van der Waals surface area contributed by atoms with Crippen LogP contribution in [0.2, 0.25) is 0 Å². The molecule has 2 aromatic rings. The van der Waals surface area contributed by atoms with Gasteiger partial charge in [-0.1, -0.05) is 6.07 Å². The van der Waals surface area contributed by atoms with Crippen LogP contribution in [0.4, 0.5) is 8.78 Å². The Kier molecular flexibility index (Phi) is 4.38. The second-order valence-corrected chi connectivity index (χ2v) is 5.72. The lowest BCUT2D eigenvalue weighted by Crippen LogP contribution is -2.39. The number of fused-ring (bicyclic) bond motifs is 1. The zero-order chi connectivity index (χ0) is 16.4. The van der Waals surface area contributed by atoms with Gasteiger partial charge in [-0.25, -0.2) is 8.78 Å². The van der Waals surface area contributed by atoms with Crippen LogP contribution in [0.25, 0.3) is 0 Å². The summed E-state index contributed by atoms with van der Waals surface area (Å²) >= 11 is 0. The molecule has 3 rings (SSSR count). The molecule has 1 atom stereocenters. The number of hydrogen-bond acceptors (Lipinski definition) is 3. The summed E-state index contributed by atoms with van der Waals surface area (Å²) in [7, 11) is 1.61. The van der Waals surface area contributed by atoms with Gasteiger partial charge in [0.1, 0.15) is 0 Å². The number of carbonyl (C=O) groups is 1. The summed E-state index contributed by atoms with van der Waals surface area (Å²) in [6.07, 6.45) is 2.05. The van der Waals surface area contributed by atoms with Crippen LogP contribution in [0.1, 0.15) is 23.7 Å². The van der Waals surface area contributed by atoms with Gasteiger partial charge in [0.2, 0.25) is 5.91 Å². The van der Waals surface area contributed by atoms with E-state index in [1.54, 1.807) is 19.3 Å². The van der Waals surface area contributed by atoms with Crippen LogP contribution in [-0.2, 0) is 17.9 Å². The minimum atomic E-state index is -0.844. The molecule has 1 N–H and O–H groups in total. The maximum absolute atomic E-state index is 13.4. The lowest BCUT2D eigenvalue weighted by atomic mass is 10.1. The average molecular weight is 320 g/mol. The summed E-state index contributed by atoms with van der Waals surface area (Å²) in [5.41, 5.74) is 1.71.